The Bertz CT molecular complexity index is 1030. The Kier molecular flexibility index (Phi) is 6.86. The third-order valence-electron chi connectivity index (χ3n) is 3.80. The van der Waals surface area contributed by atoms with Crippen molar-refractivity contribution in [3.05, 3.63) is 58.1 Å². The maximum atomic E-state index is 12.9. The molecule has 0 saturated carbocycles. The van der Waals surface area contributed by atoms with Gasteiger partial charge in [-0.25, -0.2) is 15.4 Å². The minimum Gasteiger partial charge on any atom is -0.321 e. The van der Waals surface area contributed by atoms with Crippen molar-refractivity contribution >= 4 is 46.3 Å². The largest absolute Gasteiger partial charge is 0.321 e. The summed E-state index contributed by atoms with van der Waals surface area (Å²) >= 11 is 2.99. The van der Waals surface area contributed by atoms with Gasteiger partial charge in [0.25, 0.3) is 11.8 Å². The molecular formula is C20H20N4O3S2. The predicted octanol–water partition coefficient (Wildman–Crippen LogP) is 4.24. The van der Waals surface area contributed by atoms with Gasteiger partial charge in [-0.05, 0) is 36.1 Å². The van der Waals surface area contributed by atoms with Crippen LogP contribution in [0.25, 0.3) is 16.1 Å². The zero-order valence-corrected chi connectivity index (χ0v) is 17.5. The number of hydrogen-bond donors (Lipinski definition) is 3. The number of benzene rings is 1. The van der Waals surface area contributed by atoms with E-state index in [0.717, 1.165) is 21.3 Å². The quantitative estimate of drug-likeness (QED) is 0.297. The van der Waals surface area contributed by atoms with E-state index >= 15 is 0 Å². The summed E-state index contributed by atoms with van der Waals surface area (Å²) in [5, 5.41) is 14.9. The van der Waals surface area contributed by atoms with Crippen LogP contribution in [0.2, 0.25) is 0 Å². The number of hydrogen-bond acceptors (Lipinski definition) is 7. The van der Waals surface area contributed by atoms with Gasteiger partial charge in [-0.1, -0.05) is 26.0 Å². The minimum atomic E-state index is -0.630. The highest BCUT2D eigenvalue weighted by Gasteiger charge is 2.21. The molecule has 3 rings (SSSR count). The number of nitrogens with zero attached hydrogens (tertiary/aromatic N) is 2. The third-order valence-corrected chi connectivity index (χ3v) is 5.80. The highest BCUT2D eigenvalue weighted by Crippen LogP contribution is 2.31. The second kappa shape index (κ2) is 9.55. The number of anilines is 1. The molecule has 0 radical (unpaired) electrons. The van der Waals surface area contributed by atoms with E-state index in [2.05, 4.69) is 29.1 Å². The van der Waals surface area contributed by atoms with E-state index in [4.69, 9.17) is 5.21 Å². The van der Waals surface area contributed by atoms with Crippen molar-refractivity contribution in [3.63, 3.8) is 0 Å². The summed E-state index contributed by atoms with van der Waals surface area (Å²) < 4.78 is 0. The summed E-state index contributed by atoms with van der Waals surface area (Å²) in [6, 6.07) is 7.04. The van der Waals surface area contributed by atoms with Crippen molar-refractivity contribution in [2.45, 2.75) is 20.3 Å². The van der Waals surface area contributed by atoms with E-state index in [1.807, 2.05) is 5.38 Å². The molecule has 0 saturated heterocycles. The third kappa shape index (κ3) is 5.57. The van der Waals surface area contributed by atoms with Gasteiger partial charge in [-0.3, -0.25) is 14.8 Å². The molecule has 0 unspecified atom stereocenters. The first-order chi connectivity index (χ1) is 14.0. The van der Waals surface area contributed by atoms with Gasteiger partial charge in [0.1, 0.15) is 5.69 Å². The topological polar surface area (TPSA) is 104 Å². The van der Waals surface area contributed by atoms with E-state index in [1.165, 1.54) is 40.3 Å². The Hall–Kier alpha value is -2.88. The molecule has 2 amide bonds. The van der Waals surface area contributed by atoms with Crippen molar-refractivity contribution in [1.82, 2.24) is 15.4 Å². The van der Waals surface area contributed by atoms with Gasteiger partial charge < -0.3 is 5.32 Å². The molecule has 0 spiro atoms. The van der Waals surface area contributed by atoms with Crippen molar-refractivity contribution < 1.29 is 14.8 Å². The fourth-order valence-electron chi connectivity index (χ4n) is 2.58. The number of carbonyl (C=O) groups is 2. The molecule has 7 nitrogen and oxygen atoms in total. The molecule has 0 aliphatic carbocycles. The number of aromatic nitrogens is 2. The fourth-order valence-corrected chi connectivity index (χ4v) is 4.53. The van der Waals surface area contributed by atoms with Gasteiger partial charge in [-0.15, -0.1) is 22.7 Å². The van der Waals surface area contributed by atoms with Crippen molar-refractivity contribution in [2.24, 2.45) is 5.92 Å². The molecule has 0 aliphatic heterocycles. The number of rotatable bonds is 7. The van der Waals surface area contributed by atoms with Crippen LogP contribution in [0.3, 0.4) is 0 Å². The van der Waals surface area contributed by atoms with Crippen LogP contribution >= 0.6 is 22.7 Å². The SMILES string of the molecule is CC(C)Cc1sc(-c2nccs2)nc1C(=O)Nc1cccc(C=CC(=O)NO)c1. The van der Waals surface area contributed by atoms with Crippen LogP contribution in [0.1, 0.15) is 34.8 Å². The zero-order valence-electron chi connectivity index (χ0n) is 15.9. The lowest BCUT2D eigenvalue weighted by atomic mass is 10.1. The molecule has 9 heteroatoms. The van der Waals surface area contributed by atoms with Crippen LogP contribution in [0.4, 0.5) is 5.69 Å². The number of nitrogens with one attached hydrogen (secondary N) is 2. The average Bonchev–Trinajstić information content (AvgIpc) is 3.35. The fraction of sp³-hybridized carbons (Fsp3) is 0.200. The first kappa shape index (κ1) is 20.8. The van der Waals surface area contributed by atoms with Crippen LogP contribution in [0, 0.1) is 5.92 Å². The summed E-state index contributed by atoms with van der Waals surface area (Å²) in [6.07, 6.45) is 5.21. The first-order valence-electron chi connectivity index (χ1n) is 8.89. The van der Waals surface area contributed by atoms with E-state index < -0.39 is 5.91 Å². The highest BCUT2D eigenvalue weighted by atomic mass is 32.1. The Morgan fingerprint density at radius 3 is 2.79 bits per heavy atom. The van der Waals surface area contributed by atoms with Crippen molar-refractivity contribution in [1.29, 1.82) is 0 Å². The standard InChI is InChI=1S/C20H20N4O3S2/c1-12(2)10-15-17(23-20(29-15)19-21-8-9-28-19)18(26)22-14-5-3-4-13(11-14)6-7-16(25)24-27/h3-9,11-12,27H,10H2,1-2H3,(H,22,26)(H,24,25). The second-order valence-corrected chi connectivity index (χ2v) is 8.59. The van der Waals surface area contributed by atoms with Gasteiger partial charge in [-0.2, -0.15) is 0 Å². The molecule has 2 heterocycles. The molecule has 29 heavy (non-hydrogen) atoms. The average molecular weight is 429 g/mol. The smallest absolute Gasteiger partial charge is 0.275 e. The normalized spacial score (nSPS) is 11.2. The van der Waals surface area contributed by atoms with E-state index in [-0.39, 0.29) is 5.91 Å². The Morgan fingerprint density at radius 2 is 2.10 bits per heavy atom. The molecular weight excluding hydrogens is 408 g/mol. The Morgan fingerprint density at radius 1 is 1.28 bits per heavy atom. The van der Waals surface area contributed by atoms with Crippen LogP contribution in [-0.4, -0.2) is 27.0 Å². The molecule has 0 fully saturated rings. The molecule has 0 bridgehead atoms. The molecule has 0 aliphatic rings. The molecule has 3 N–H and O–H groups in total. The van der Waals surface area contributed by atoms with Crippen molar-refractivity contribution in [2.75, 3.05) is 5.32 Å². The first-order valence-corrected chi connectivity index (χ1v) is 10.6. The summed E-state index contributed by atoms with van der Waals surface area (Å²) in [5.74, 6) is -0.527. The molecule has 2 aromatic heterocycles. The number of thiazole rings is 2. The lowest BCUT2D eigenvalue weighted by Gasteiger charge is -2.07. The van der Waals surface area contributed by atoms with Gasteiger partial charge in [0.05, 0.1) is 0 Å². The molecule has 3 aromatic rings. The molecule has 0 atom stereocenters. The van der Waals surface area contributed by atoms with Crippen molar-refractivity contribution in [3.8, 4) is 10.0 Å². The Labute approximate surface area is 176 Å². The highest BCUT2D eigenvalue weighted by molar-refractivity contribution is 7.20. The van der Waals surface area contributed by atoms with Crippen LogP contribution < -0.4 is 10.8 Å². The lowest BCUT2D eigenvalue weighted by Crippen LogP contribution is -2.15. The number of carbonyl (C=O) groups excluding carboxylic acids is 2. The van der Waals surface area contributed by atoms with E-state index in [9.17, 15) is 9.59 Å². The maximum absolute atomic E-state index is 12.9. The van der Waals surface area contributed by atoms with E-state index in [0.29, 0.717) is 22.9 Å². The predicted molar refractivity (Wildman–Crippen MR) is 115 cm³/mol. The summed E-state index contributed by atoms with van der Waals surface area (Å²) in [7, 11) is 0. The zero-order chi connectivity index (χ0) is 20.8. The van der Waals surface area contributed by atoms with Crippen LogP contribution in [0.15, 0.2) is 41.9 Å². The summed E-state index contributed by atoms with van der Waals surface area (Å²) in [4.78, 5) is 33.8. The van der Waals surface area contributed by atoms with E-state index in [1.54, 1.807) is 30.5 Å². The summed E-state index contributed by atoms with van der Waals surface area (Å²) in [5.41, 5.74) is 3.23. The van der Waals surface area contributed by atoms with Crippen LogP contribution in [0.5, 0.6) is 0 Å². The minimum absolute atomic E-state index is 0.283. The Balaban J connectivity index is 1.83. The molecule has 150 valence electrons. The monoisotopic (exact) mass is 428 g/mol. The van der Waals surface area contributed by atoms with Gasteiger partial charge >= 0.3 is 0 Å². The summed E-state index contributed by atoms with van der Waals surface area (Å²) in [6.45, 7) is 4.20. The number of amides is 2. The molecule has 1 aromatic carbocycles. The lowest BCUT2D eigenvalue weighted by molar-refractivity contribution is -0.124. The van der Waals surface area contributed by atoms with Gasteiger partial charge in [0, 0.05) is 28.2 Å². The van der Waals surface area contributed by atoms with Crippen LogP contribution in [-0.2, 0) is 11.2 Å². The van der Waals surface area contributed by atoms with Gasteiger partial charge in [0.2, 0.25) is 0 Å². The maximum Gasteiger partial charge on any atom is 0.275 e. The van der Waals surface area contributed by atoms with Gasteiger partial charge in [0.15, 0.2) is 10.0 Å². The second-order valence-electron chi connectivity index (χ2n) is 6.62. The number of hydroxylamine groups is 1.